The molecule has 106 valence electrons. The molecule has 3 aromatic rings. The Morgan fingerprint density at radius 3 is 2.43 bits per heavy atom. The fraction of sp³-hybridized carbons (Fsp3) is 0.125. The van der Waals surface area contributed by atoms with E-state index in [0.717, 1.165) is 5.56 Å². The number of nitrogens with two attached hydrogens (primary N) is 1. The highest BCUT2D eigenvalue weighted by molar-refractivity contribution is 6.38. The van der Waals surface area contributed by atoms with E-state index in [0.29, 0.717) is 32.6 Å². The molecule has 3 rings (SSSR count). The van der Waals surface area contributed by atoms with Crippen LogP contribution >= 0.6 is 23.2 Å². The van der Waals surface area contributed by atoms with Crippen LogP contribution in [0, 0.1) is 13.8 Å². The highest BCUT2D eigenvalue weighted by Crippen LogP contribution is 2.31. The number of anilines is 1. The molecule has 2 aromatic carbocycles. The van der Waals surface area contributed by atoms with Gasteiger partial charge in [-0.2, -0.15) is 0 Å². The molecule has 0 saturated heterocycles. The van der Waals surface area contributed by atoms with Gasteiger partial charge in [-0.15, -0.1) is 0 Å². The van der Waals surface area contributed by atoms with Gasteiger partial charge in [-0.3, -0.25) is 0 Å². The van der Waals surface area contributed by atoms with E-state index < -0.39 is 0 Å². The number of rotatable bonds is 1. The molecule has 0 fully saturated rings. The van der Waals surface area contributed by atoms with Crippen molar-refractivity contribution in [3.8, 4) is 11.4 Å². The predicted molar refractivity (Wildman–Crippen MR) is 88.9 cm³/mol. The van der Waals surface area contributed by atoms with Crippen molar-refractivity contribution in [2.75, 3.05) is 5.73 Å². The van der Waals surface area contributed by atoms with Crippen LogP contribution in [0.4, 0.5) is 5.82 Å². The smallest absolute Gasteiger partial charge is 0.162 e. The van der Waals surface area contributed by atoms with Gasteiger partial charge in [0.15, 0.2) is 5.82 Å². The summed E-state index contributed by atoms with van der Waals surface area (Å²) in [7, 11) is 0. The lowest BCUT2D eigenvalue weighted by Crippen LogP contribution is -1.99. The van der Waals surface area contributed by atoms with Crippen molar-refractivity contribution in [2.24, 2.45) is 0 Å². The first kappa shape index (κ1) is 14.1. The van der Waals surface area contributed by atoms with Gasteiger partial charge in [0, 0.05) is 16.0 Å². The van der Waals surface area contributed by atoms with Crippen molar-refractivity contribution in [1.29, 1.82) is 0 Å². The summed E-state index contributed by atoms with van der Waals surface area (Å²) in [4.78, 5) is 8.91. The van der Waals surface area contributed by atoms with Crippen LogP contribution in [0.1, 0.15) is 11.1 Å². The molecule has 0 aliphatic rings. The summed E-state index contributed by atoms with van der Waals surface area (Å²) in [6.07, 6.45) is 0. The van der Waals surface area contributed by atoms with E-state index in [4.69, 9.17) is 28.9 Å². The predicted octanol–water partition coefficient (Wildman–Crippen LogP) is 4.80. The summed E-state index contributed by atoms with van der Waals surface area (Å²) >= 11 is 12.2. The molecule has 1 aromatic heterocycles. The highest BCUT2D eigenvalue weighted by atomic mass is 35.5. The van der Waals surface area contributed by atoms with E-state index in [9.17, 15) is 0 Å². The van der Waals surface area contributed by atoms with Gasteiger partial charge in [0.2, 0.25) is 0 Å². The summed E-state index contributed by atoms with van der Waals surface area (Å²) in [5.74, 6) is 0.935. The van der Waals surface area contributed by atoms with Crippen LogP contribution in [0.25, 0.3) is 22.3 Å². The third kappa shape index (κ3) is 2.55. The van der Waals surface area contributed by atoms with Gasteiger partial charge in [-0.25, -0.2) is 9.97 Å². The van der Waals surface area contributed by atoms with E-state index in [1.165, 1.54) is 11.1 Å². The van der Waals surface area contributed by atoms with E-state index in [-0.39, 0.29) is 0 Å². The number of hydrogen-bond donors (Lipinski definition) is 1. The number of nitrogens with zero attached hydrogens (tertiary/aromatic N) is 2. The minimum absolute atomic E-state index is 0.373. The Kier molecular flexibility index (Phi) is 3.47. The normalized spacial score (nSPS) is 11.0. The van der Waals surface area contributed by atoms with Crippen LogP contribution in [0.2, 0.25) is 10.0 Å². The fourth-order valence-electron chi connectivity index (χ4n) is 2.19. The third-order valence-electron chi connectivity index (χ3n) is 3.51. The molecule has 2 N–H and O–H groups in total. The molecule has 5 heteroatoms. The zero-order valence-electron chi connectivity index (χ0n) is 11.6. The topological polar surface area (TPSA) is 51.8 Å². The molecule has 21 heavy (non-hydrogen) atoms. The lowest BCUT2D eigenvalue weighted by atomic mass is 10.1. The van der Waals surface area contributed by atoms with Gasteiger partial charge in [0.25, 0.3) is 0 Å². The monoisotopic (exact) mass is 317 g/mol. The summed E-state index contributed by atoms with van der Waals surface area (Å²) in [6, 6.07) is 9.44. The van der Waals surface area contributed by atoms with Gasteiger partial charge in [0.05, 0.1) is 10.5 Å². The number of aromatic nitrogens is 2. The Morgan fingerprint density at radius 1 is 0.952 bits per heavy atom. The van der Waals surface area contributed by atoms with E-state index in [1.54, 1.807) is 12.1 Å². The van der Waals surface area contributed by atoms with Gasteiger partial charge in [0.1, 0.15) is 5.82 Å². The van der Waals surface area contributed by atoms with Crippen molar-refractivity contribution in [3.05, 3.63) is 51.5 Å². The summed E-state index contributed by atoms with van der Waals surface area (Å²) in [5.41, 5.74) is 9.96. The SMILES string of the molecule is Cc1ccc(-c2nc(N)c3cc(Cl)cc(Cl)c3n2)cc1C. The first-order valence-corrected chi connectivity index (χ1v) is 7.21. The average Bonchev–Trinajstić information content (AvgIpc) is 2.43. The van der Waals surface area contributed by atoms with Crippen LogP contribution in [0.3, 0.4) is 0 Å². The molecule has 0 unspecified atom stereocenters. The van der Waals surface area contributed by atoms with E-state index in [2.05, 4.69) is 23.8 Å². The minimum Gasteiger partial charge on any atom is -0.383 e. The molecule has 0 radical (unpaired) electrons. The molecule has 0 amide bonds. The van der Waals surface area contributed by atoms with Gasteiger partial charge < -0.3 is 5.73 Å². The zero-order chi connectivity index (χ0) is 15.1. The Bertz CT molecular complexity index is 860. The molecule has 0 aliphatic carbocycles. The second kappa shape index (κ2) is 5.17. The third-order valence-corrected chi connectivity index (χ3v) is 4.02. The standard InChI is InChI=1S/C16H13Cl2N3/c1-8-3-4-10(5-9(8)2)16-20-14-12(15(19)21-16)6-11(17)7-13(14)18/h3-7H,1-2H3,(H2,19,20,21). The fourth-order valence-corrected chi connectivity index (χ4v) is 2.73. The summed E-state index contributed by atoms with van der Waals surface area (Å²) in [6.45, 7) is 4.11. The quantitative estimate of drug-likeness (QED) is 0.701. The van der Waals surface area contributed by atoms with Crippen LogP contribution < -0.4 is 5.73 Å². The molecule has 1 heterocycles. The van der Waals surface area contributed by atoms with E-state index in [1.807, 2.05) is 18.2 Å². The largest absolute Gasteiger partial charge is 0.383 e. The maximum Gasteiger partial charge on any atom is 0.162 e. The molecule has 0 saturated carbocycles. The highest BCUT2D eigenvalue weighted by Gasteiger charge is 2.11. The molecular formula is C16H13Cl2N3. The Labute approximate surface area is 132 Å². The van der Waals surface area contributed by atoms with Crippen molar-refractivity contribution in [3.63, 3.8) is 0 Å². The number of aryl methyl sites for hydroxylation is 2. The molecule has 0 spiro atoms. The molecular weight excluding hydrogens is 305 g/mol. The van der Waals surface area contributed by atoms with E-state index >= 15 is 0 Å². The van der Waals surface area contributed by atoms with Crippen molar-refractivity contribution < 1.29 is 0 Å². The van der Waals surface area contributed by atoms with Crippen molar-refractivity contribution >= 4 is 39.9 Å². The Morgan fingerprint density at radius 2 is 1.71 bits per heavy atom. The van der Waals surface area contributed by atoms with Crippen LogP contribution in [0.15, 0.2) is 30.3 Å². The van der Waals surface area contributed by atoms with Crippen LogP contribution in [0.5, 0.6) is 0 Å². The summed E-state index contributed by atoms with van der Waals surface area (Å²) in [5, 5.41) is 1.65. The van der Waals surface area contributed by atoms with Crippen molar-refractivity contribution in [1.82, 2.24) is 9.97 Å². The second-order valence-corrected chi connectivity index (χ2v) is 5.86. The number of nitrogen functional groups attached to an aromatic ring is 1. The number of benzene rings is 2. The van der Waals surface area contributed by atoms with Gasteiger partial charge >= 0.3 is 0 Å². The first-order chi connectivity index (χ1) is 9.95. The number of fused-ring (bicyclic) bond motifs is 1. The molecule has 0 bridgehead atoms. The lowest BCUT2D eigenvalue weighted by Gasteiger charge is -2.09. The average molecular weight is 318 g/mol. The van der Waals surface area contributed by atoms with Gasteiger partial charge in [-0.1, -0.05) is 35.3 Å². The summed E-state index contributed by atoms with van der Waals surface area (Å²) < 4.78 is 0. The van der Waals surface area contributed by atoms with Crippen LogP contribution in [-0.2, 0) is 0 Å². The second-order valence-electron chi connectivity index (χ2n) is 5.02. The Hall–Kier alpha value is -1.84. The number of halogens is 2. The van der Waals surface area contributed by atoms with Gasteiger partial charge in [-0.05, 0) is 43.2 Å². The van der Waals surface area contributed by atoms with Crippen LogP contribution in [-0.4, -0.2) is 9.97 Å². The Balaban J connectivity index is 2.27. The van der Waals surface area contributed by atoms with Crippen molar-refractivity contribution in [2.45, 2.75) is 13.8 Å². The first-order valence-electron chi connectivity index (χ1n) is 6.45. The maximum absolute atomic E-state index is 6.22. The molecule has 0 aliphatic heterocycles. The lowest BCUT2D eigenvalue weighted by molar-refractivity contribution is 1.22. The number of hydrogen-bond acceptors (Lipinski definition) is 3. The minimum atomic E-state index is 0.373. The molecule has 3 nitrogen and oxygen atoms in total. The zero-order valence-corrected chi connectivity index (χ0v) is 13.1. The molecule has 0 atom stereocenters. The maximum atomic E-state index is 6.22.